The fraction of sp³-hybridized carbons (Fsp3) is 0.615. The monoisotopic (exact) mass is 206 g/mol. The van der Waals surface area contributed by atoms with Crippen LogP contribution in [0.25, 0.3) is 0 Å². The Morgan fingerprint density at radius 1 is 1.33 bits per heavy atom. The highest BCUT2D eigenvalue weighted by Gasteiger charge is 2.20. The van der Waals surface area contributed by atoms with E-state index in [9.17, 15) is 0 Å². The van der Waals surface area contributed by atoms with Gasteiger partial charge in [-0.15, -0.1) is 0 Å². The summed E-state index contributed by atoms with van der Waals surface area (Å²) >= 11 is 0. The van der Waals surface area contributed by atoms with Gasteiger partial charge in [-0.25, -0.2) is 4.98 Å². The van der Waals surface area contributed by atoms with Crippen LogP contribution in [0, 0.1) is 6.92 Å². The molecule has 0 aliphatic heterocycles. The molecule has 0 aromatic carbocycles. The van der Waals surface area contributed by atoms with Crippen molar-refractivity contribution >= 4 is 5.82 Å². The molecular formula is C13H22N2. The summed E-state index contributed by atoms with van der Waals surface area (Å²) < 4.78 is 0. The fourth-order valence-electron chi connectivity index (χ4n) is 1.68. The van der Waals surface area contributed by atoms with Crippen molar-refractivity contribution in [2.75, 3.05) is 19.0 Å². The van der Waals surface area contributed by atoms with E-state index in [2.05, 4.69) is 38.7 Å². The van der Waals surface area contributed by atoms with E-state index in [1.54, 1.807) is 0 Å². The van der Waals surface area contributed by atoms with Crippen molar-refractivity contribution in [3.63, 3.8) is 0 Å². The quantitative estimate of drug-likeness (QED) is 0.755. The molecule has 1 heterocycles. The maximum absolute atomic E-state index is 4.48. The van der Waals surface area contributed by atoms with Crippen LogP contribution in [0.2, 0.25) is 0 Å². The number of aryl methyl sites for hydroxylation is 1. The van der Waals surface area contributed by atoms with Crippen LogP contribution >= 0.6 is 0 Å². The molecular weight excluding hydrogens is 184 g/mol. The Morgan fingerprint density at radius 2 is 1.93 bits per heavy atom. The zero-order chi connectivity index (χ0) is 11.6. The molecule has 0 atom stereocenters. The van der Waals surface area contributed by atoms with Crippen molar-refractivity contribution in [2.24, 2.45) is 0 Å². The lowest BCUT2D eigenvalue weighted by Gasteiger charge is -2.26. The summed E-state index contributed by atoms with van der Waals surface area (Å²) in [6.45, 7) is 8.93. The number of nitrogens with zero attached hydrogens (tertiary/aromatic N) is 2. The maximum atomic E-state index is 4.48. The van der Waals surface area contributed by atoms with Crippen LogP contribution in [-0.4, -0.2) is 19.1 Å². The van der Waals surface area contributed by atoms with Gasteiger partial charge in [0.25, 0.3) is 0 Å². The van der Waals surface area contributed by atoms with Gasteiger partial charge in [0.05, 0.1) is 0 Å². The van der Waals surface area contributed by atoms with Gasteiger partial charge in [0.2, 0.25) is 0 Å². The average Bonchev–Trinajstić information content (AvgIpc) is 2.17. The molecule has 2 nitrogen and oxygen atoms in total. The van der Waals surface area contributed by atoms with Crippen LogP contribution in [0.15, 0.2) is 12.3 Å². The lowest BCUT2D eigenvalue weighted by molar-refractivity contribution is 0.501. The van der Waals surface area contributed by atoms with Crippen LogP contribution in [0.5, 0.6) is 0 Å². The molecule has 0 N–H and O–H groups in total. The molecule has 0 unspecified atom stereocenters. The first kappa shape index (κ1) is 12.0. The second kappa shape index (κ2) is 4.21. The summed E-state index contributed by atoms with van der Waals surface area (Å²) in [5.74, 6) is 1.03. The normalized spacial score (nSPS) is 11.6. The Morgan fingerprint density at radius 3 is 2.33 bits per heavy atom. The highest BCUT2D eigenvalue weighted by Crippen LogP contribution is 2.29. The molecule has 0 aliphatic carbocycles. The number of anilines is 1. The topological polar surface area (TPSA) is 16.1 Å². The van der Waals surface area contributed by atoms with Gasteiger partial charge in [0.15, 0.2) is 0 Å². The lowest BCUT2D eigenvalue weighted by Crippen LogP contribution is -2.19. The highest BCUT2D eigenvalue weighted by molar-refractivity contribution is 5.43. The van der Waals surface area contributed by atoms with Crippen LogP contribution in [-0.2, 0) is 5.41 Å². The third-order valence-corrected chi connectivity index (χ3v) is 3.17. The van der Waals surface area contributed by atoms with Crippen molar-refractivity contribution in [3.8, 4) is 0 Å². The van der Waals surface area contributed by atoms with Crippen molar-refractivity contribution in [2.45, 2.75) is 39.5 Å². The van der Waals surface area contributed by atoms with E-state index in [1.165, 1.54) is 11.1 Å². The molecule has 0 bridgehead atoms. The SMILES string of the molecule is CCC(C)(C)c1cnc(N(C)C)cc1C. The summed E-state index contributed by atoms with van der Waals surface area (Å²) in [5.41, 5.74) is 2.92. The Bertz CT molecular complexity index is 340. The second-order valence-corrected chi connectivity index (χ2v) is 4.99. The van der Waals surface area contributed by atoms with E-state index in [0.717, 1.165) is 12.2 Å². The van der Waals surface area contributed by atoms with E-state index in [-0.39, 0.29) is 5.41 Å². The summed E-state index contributed by atoms with van der Waals surface area (Å²) in [5, 5.41) is 0. The first-order valence-electron chi connectivity index (χ1n) is 5.53. The summed E-state index contributed by atoms with van der Waals surface area (Å²) in [7, 11) is 4.04. The maximum Gasteiger partial charge on any atom is 0.128 e. The van der Waals surface area contributed by atoms with Crippen molar-refractivity contribution < 1.29 is 0 Å². The van der Waals surface area contributed by atoms with Gasteiger partial charge in [-0.05, 0) is 36.0 Å². The van der Waals surface area contributed by atoms with Gasteiger partial charge in [0, 0.05) is 20.3 Å². The standard InChI is InChI=1S/C13H22N2/c1-7-13(3,4)11-9-14-12(15(5)6)8-10(11)2/h8-9H,7H2,1-6H3. The molecule has 0 radical (unpaired) electrons. The van der Waals surface area contributed by atoms with Gasteiger partial charge >= 0.3 is 0 Å². The molecule has 2 heteroatoms. The summed E-state index contributed by atoms with van der Waals surface area (Å²) in [6, 6.07) is 2.16. The summed E-state index contributed by atoms with van der Waals surface area (Å²) in [4.78, 5) is 6.52. The van der Waals surface area contributed by atoms with Gasteiger partial charge in [-0.2, -0.15) is 0 Å². The van der Waals surface area contributed by atoms with Crippen LogP contribution in [0.1, 0.15) is 38.3 Å². The summed E-state index contributed by atoms with van der Waals surface area (Å²) in [6.07, 6.45) is 3.16. The number of rotatable bonds is 3. The number of hydrogen-bond donors (Lipinski definition) is 0. The minimum Gasteiger partial charge on any atom is -0.363 e. The smallest absolute Gasteiger partial charge is 0.128 e. The molecule has 1 aromatic heterocycles. The van der Waals surface area contributed by atoms with Gasteiger partial charge in [0.1, 0.15) is 5.82 Å². The molecule has 0 saturated carbocycles. The number of aromatic nitrogens is 1. The zero-order valence-corrected chi connectivity index (χ0v) is 10.8. The van der Waals surface area contributed by atoms with Crippen molar-refractivity contribution in [1.82, 2.24) is 4.98 Å². The molecule has 0 saturated heterocycles. The van der Waals surface area contributed by atoms with Gasteiger partial charge in [-0.3, -0.25) is 0 Å². The second-order valence-electron chi connectivity index (χ2n) is 4.99. The lowest BCUT2D eigenvalue weighted by atomic mass is 9.81. The predicted molar refractivity (Wildman–Crippen MR) is 66.6 cm³/mol. The first-order valence-corrected chi connectivity index (χ1v) is 5.53. The van der Waals surface area contributed by atoms with E-state index < -0.39 is 0 Å². The minimum absolute atomic E-state index is 0.224. The van der Waals surface area contributed by atoms with E-state index in [0.29, 0.717) is 0 Å². The Balaban J connectivity index is 3.14. The Kier molecular flexibility index (Phi) is 3.38. The molecule has 1 aromatic rings. The third kappa shape index (κ3) is 2.49. The highest BCUT2D eigenvalue weighted by atomic mass is 15.1. The Hall–Kier alpha value is -1.05. The fourth-order valence-corrected chi connectivity index (χ4v) is 1.68. The number of pyridine rings is 1. The molecule has 0 fully saturated rings. The van der Waals surface area contributed by atoms with Gasteiger partial charge < -0.3 is 4.90 Å². The Labute approximate surface area is 93.3 Å². The van der Waals surface area contributed by atoms with Gasteiger partial charge in [-0.1, -0.05) is 20.8 Å². The molecule has 15 heavy (non-hydrogen) atoms. The van der Waals surface area contributed by atoms with E-state index in [1.807, 2.05) is 25.2 Å². The van der Waals surface area contributed by atoms with Crippen LogP contribution in [0.3, 0.4) is 0 Å². The van der Waals surface area contributed by atoms with Crippen LogP contribution < -0.4 is 4.90 Å². The number of hydrogen-bond acceptors (Lipinski definition) is 2. The third-order valence-electron chi connectivity index (χ3n) is 3.17. The van der Waals surface area contributed by atoms with Crippen molar-refractivity contribution in [3.05, 3.63) is 23.4 Å². The molecule has 1 rings (SSSR count). The first-order chi connectivity index (χ1) is 6.88. The van der Waals surface area contributed by atoms with E-state index in [4.69, 9.17) is 0 Å². The largest absolute Gasteiger partial charge is 0.363 e. The van der Waals surface area contributed by atoms with E-state index >= 15 is 0 Å². The molecule has 0 amide bonds. The minimum atomic E-state index is 0.224. The molecule has 84 valence electrons. The molecule has 0 aliphatic rings. The molecule has 0 spiro atoms. The average molecular weight is 206 g/mol. The zero-order valence-electron chi connectivity index (χ0n) is 10.8. The predicted octanol–water partition coefficient (Wildman–Crippen LogP) is 3.14. The van der Waals surface area contributed by atoms with Crippen molar-refractivity contribution in [1.29, 1.82) is 0 Å². The van der Waals surface area contributed by atoms with Crippen LogP contribution in [0.4, 0.5) is 5.82 Å².